The predicted octanol–water partition coefficient (Wildman–Crippen LogP) is 9.38. The van der Waals surface area contributed by atoms with Gasteiger partial charge in [-0.25, -0.2) is 9.38 Å². The molecule has 198 valence electrons. The second kappa shape index (κ2) is 18.4. The van der Waals surface area contributed by atoms with E-state index < -0.39 is 0 Å². The lowest BCUT2D eigenvalue weighted by Crippen LogP contribution is -2.16. The molecule has 5 heteroatoms. The second-order valence-corrected chi connectivity index (χ2v) is 9.23. The highest BCUT2D eigenvalue weighted by Crippen LogP contribution is 2.32. The molecule has 1 aromatic rings. The molecule has 0 amide bonds. The third kappa shape index (κ3) is 11.6. The van der Waals surface area contributed by atoms with Crippen LogP contribution in [-0.2, 0) is 4.74 Å². The zero-order valence-corrected chi connectivity index (χ0v) is 24.0. The number of allylic oxidation sites excluding steroid dienone is 2. The van der Waals surface area contributed by atoms with E-state index in [0.29, 0.717) is 17.9 Å². The molecule has 1 heterocycles. The van der Waals surface area contributed by atoms with Gasteiger partial charge >= 0.3 is 0 Å². The second-order valence-electron chi connectivity index (χ2n) is 8.82. The van der Waals surface area contributed by atoms with Crippen molar-refractivity contribution in [3.8, 4) is 0 Å². The van der Waals surface area contributed by atoms with E-state index in [4.69, 9.17) is 22.1 Å². The molecule has 35 heavy (non-hydrogen) atoms. The van der Waals surface area contributed by atoms with E-state index in [1.165, 1.54) is 17.8 Å². The molecule has 0 spiro atoms. The van der Waals surface area contributed by atoms with Crippen LogP contribution in [0.2, 0.25) is 5.02 Å². The van der Waals surface area contributed by atoms with Crippen molar-refractivity contribution in [2.24, 2.45) is 16.6 Å². The summed E-state index contributed by atoms with van der Waals surface area (Å²) in [6, 6.07) is 5.00. The SMILES string of the molecule is C=CN=C(N)C(/C=C\CCC)=C(/C)C(C)CC.CC.CC1CCC(C(C)c2ccc(Cl)c(F)c2)O1. The zero-order chi connectivity index (χ0) is 27.0. The Balaban J connectivity index is 0.000000617. The number of benzene rings is 1. The standard InChI is InChI=1S/C15H26N2.C13H16ClFO.C2H6/c1-6-9-10-11-14(15(16)17-8-3)13(5)12(4)7-2;1-8-3-6-13(16-8)9(2)10-4-5-11(14)12(15)7-10;1-2/h8,10-12H,3,6-7,9H2,1-2,4-5H3,(H2,16,17);4-5,7-9,13H,3,6H2,1-2H3;1-2H3/b11-10-,14-13-;;. The number of aliphatic imine (C=N–C) groups is 1. The van der Waals surface area contributed by atoms with E-state index in [1.54, 1.807) is 6.07 Å². The molecule has 0 aromatic heterocycles. The van der Waals surface area contributed by atoms with Crippen molar-refractivity contribution < 1.29 is 9.13 Å². The summed E-state index contributed by atoms with van der Waals surface area (Å²) in [6.07, 6.45) is 11.7. The molecule has 1 aliphatic rings. The van der Waals surface area contributed by atoms with E-state index >= 15 is 0 Å². The minimum absolute atomic E-state index is 0.177. The highest BCUT2D eigenvalue weighted by atomic mass is 35.5. The smallest absolute Gasteiger partial charge is 0.142 e. The van der Waals surface area contributed by atoms with E-state index in [2.05, 4.69) is 65.3 Å². The summed E-state index contributed by atoms with van der Waals surface area (Å²) < 4.78 is 19.1. The molecule has 1 fully saturated rings. The van der Waals surface area contributed by atoms with Crippen LogP contribution in [0.25, 0.3) is 0 Å². The third-order valence-corrected chi connectivity index (χ3v) is 6.62. The third-order valence-electron chi connectivity index (χ3n) is 6.31. The Morgan fingerprint density at radius 2 is 1.94 bits per heavy atom. The Bertz CT molecular complexity index is 847. The van der Waals surface area contributed by atoms with Crippen molar-refractivity contribution in [2.75, 3.05) is 0 Å². The van der Waals surface area contributed by atoms with E-state index in [1.807, 2.05) is 19.9 Å². The molecule has 1 aliphatic heterocycles. The highest BCUT2D eigenvalue weighted by Gasteiger charge is 2.28. The topological polar surface area (TPSA) is 47.6 Å². The Morgan fingerprint density at radius 3 is 2.43 bits per heavy atom. The number of hydrogen-bond donors (Lipinski definition) is 1. The molecule has 0 radical (unpaired) electrons. The van der Waals surface area contributed by atoms with Gasteiger partial charge in [0.25, 0.3) is 0 Å². The predicted molar refractivity (Wildman–Crippen MR) is 153 cm³/mol. The van der Waals surface area contributed by atoms with Gasteiger partial charge in [-0.15, -0.1) is 0 Å². The monoisotopic (exact) mass is 506 g/mol. The number of nitrogens with zero attached hydrogens (tertiary/aromatic N) is 1. The van der Waals surface area contributed by atoms with Crippen molar-refractivity contribution in [3.05, 3.63) is 70.7 Å². The van der Waals surface area contributed by atoms with Crippen LogP contribution in [-0.4, -0.2) is 18.0 Å². The van der Waals surface area contributed by atoms with Crippen molar-refractivity contribution in [1.29, 1.82) is 0 Å². The van der Waals surface area contributed by atoms with E-state index in [0.717, 1.165) is 43.2 Å². The Labute approximate surface area is 219 Å². The van der Waals surface area contributed by atoms with Gasteiger partial charge in [0.15, 0.2) is 0 Å². The number of nitrogens with two attached hydrogens (primary N) is 1. The van der Waals surface area contributed by atoms with Crippen molar-refractivity contribution in [3.63, 3.8) is 0 Å². The molecular formula is C30H48ClFN2O. The Hall–Kier alpha value is -1.91. The molecule has 0 saturated carbocycles. The summed E-state index contributed by atoms with van der Waals surface area (Å²) in [5.41, 5.74) is 9.28. The van der Waals surface area contributed by atoms with Gasteiger partial charge in [-0.1, -0.05) is 89.9 Å². The largest absolute Gasteiger partial charge is 0.383 e. The highest BCUT2D eigenvalue weighted by molar-refractivity contribution is 6.30. The van der Waals surface area contributed by atoms with Crippen molar-refractivity contribution in [2.45, 2.75) is 106 Å². The lowest BCUT2D eigenvalue weighted by Gasteiger charge is -2.20. The van der Waals surface area contributed by atoms with Crippen LogP contribution >= 0.6 is 11.6 Å². The number of rotatable bonds is 9. The summed E-state index contributed by atoms with van der Waals surface area (Å²) in [5, 5.41) is 0.177. The number of halogens is 2. The van der Waals surface area contributed by atoms with Gasteiger partial charge in [-0.3, -0.25) is 0 Å². The van der Waals surface area contributed by atoms with Gasteiger partial charge in [0.2, 0.25) is 0 Å². The summed E-state index contributed by atoms with van der Waals surface area (Å²) in [4.78, 5) is 4.09. The summed E-state index contributed by atoms with van der Waals surface area (Å²) >= 11 is 5.66. The zero-order valence-electron chi connectivity index (χ0n) is 23.2. The first-order valence-corrected chi connectivity index (χ1v) is 13.5. The first kappa shape index (κ1) is 33.1. The minimum Gasteiger partial charge on any atom is -0.383 e. The van der Waals surface area contributed by atoms with Gasteiger partial charge in [0.05, 0.1) is 17.2 Å². The number of hydrogen-bond acceptors (Lipinski definition) is 2. The number of unbranched alkanes of at least 4 members (excludes halogenated alkanes) is 1. The van der Waals surface area contributed by atoms with Crippen LogP contribution in [0.1, 0.15) is 99.0 Å². The summed E-state index contributed by atoms with van der Waals surface area (Å²) in [6.45, 7) is 20.4. The van der Waals surface area contributed by atoms with Crippen LogP contribution in [0.4, 0.5) is 4.39 Å². The Kier molecular flexibility index (Phi) is 17.4. The average molecular weight is 507 g/mol. The molecule has 3 nitrogen and oxygen atoms in total. The van der Waals surface area contributed by atoms with Crippen LogP contribution < -0.4 is 5.73 Å². The van der Waals surface area contributed by atoms with Crippen LogP contribution in [0.15, 0.2) is 59.3 Å². The minimum atomic E-state index is -0.350. The fraction of sp³-hybridized carbons (Fsp3) is 0.567. The quantitative estimate of drug-likeness (QED) is 0.206. The maximum absolute atomic E-state index is 13.3. The summed E-state index contributed by atoms with van der Waals surface area (Å²) in [7, 11) is 0. The van der Waals surface area contributed by atoms with Crippen molar-refractivity contribution >= 4 is 17.4 Å². The lowest BCUT2D eigenvalue weighted by molar-refractivity contribution is 0.0424. The molecular weight excluding hydrogens is 459 g/mol. The van der Waals surface area contributed by atoms with Gasteiger partial charge in [-0.2, -0.15) is 0 Å². The van der Waals surface area contributed by atoms with E-state index in [-0.39, 0.29) is 22.9 Å². The van der Waals surface area contributed by atoms with Gasteiger partial charge in [0.1, 0.15) is 11.7 Å². The lowest BCUT2D eigenvalue weighted by atomic mass is 9.93. The first-order chi connectivity index (χ1) is 16.7. The molecule has 2 rings (SSSR count). The van der Waals surface area contributed by atoms with Gasteiger partial charge < -0.3 is 10.5 Å². The van der Waals surface area contributed by atoms with Gasteiger partial charge in [0, 0.05) is 17.7 Å². The number of ether oxygens (including phenoxy) is 1. The maximum atomic E-state index is 13.3. The normalized spacial score (nSPS) is 20.2. The fourth-order valence-corrected chi connectivity index (χ4v) is 3.86. The van der Waals surface area contributed by atoms with Crippen LogP contribution in [0, 0.1) is 11.7 Å². The fourth-order valence-electron chi connectivity index (χ4n) is 3.74. The molecule has 0 aliphatic carbocycles. The van der Waals surface area contributed by atoms with Crippen molar-refractivity contribution in [1.82, 2.24) is 0 Å². The molecule has 2 N–H and O–H groups in total. The van der Waals surface area contributed by atoms with E-state index in [9.17, 15) is 4.39 Å². The molecule has 1 saturated heterocycles. The average Bonchev–Trinajstić information content (AvgIpc) is 3.30. The number of amidine groups is 1. The molecule has 4 unspecified atom stereocenters. The first-order valence-electron chi connectivity index (χ1n) is 13.1. The van der Waals surface area contributed by atoms with Gasteiger partial charge in [-0.05, 0) is 63.1 Å². The Morgan fingerprint density at radius 1 is 1.29 bits per heavy atom. The van der Waals surface area contributed by atoms with Crippen LogP contribution in [0.5, 0.6) is 0 Å². The summed E-state index contributed by atoms with van der Waals surface area (Å²) in [5.74, 6) is 0.953. The van der Waals surface area contributed by atoms with Crippen LogP contribution in [0.3, 0.4) is 0 Å². The molecule has 1 aromatic carbocycles. The maximum Gasteiger partial charge on any atom is 0.142 e. The molecule has 0 bridgehead atoms. The molecule has 4 atom stereocenters.